The van der Waals surface area contributed by atoms with Crippen LogP contribution in [0.5, 0.6) is 0 Å². The number of hydrogen-bond donors (Lipinski definition) is 2. The van der Waals surface area contributed by atoms with Crippen LogP contribution in [0.2, 0.25) is 5.02 Å². The molecule has 0 bridgehead atoms. The number of halogens is 1. The van der Waals surface area contributed by atoms with Gasteiger partial charge in [0, 0.05) is 48.8 Å². The summed E-state index contributed by atoms with van der Waals surface area (Å²) in [6, 6.07) is 16.9. The predicted molar refractivity (Wildman–Crippen MR) is 128 cm³/mol. The number of carbonyl (C=O) groups is 2. The second kappa shape index (κ2) is 10.6. The number of carbonyl (C=O) groups excluding carboxylic acids is 2. The summed E-state index contributed by atoms with van der Waals surface area (Å²) in [4.78, 5) is 33.5. The van der Waals surface area contributed by atoms with Crippen molar-refractivity contribution in [2.24, 2.45) is 0 Å². The Hall–Kier alpha value is -2.94. The van der Waals surface area contributed by atoms with Crippen molar-refractivity contribution in [1.82, 2.24) is 14.8 Å². The van der Waals surface area contributed by atoms with Gasteiger partial charge in [-0.2, -0.15) is 0 Å². The lowest BCUT2D eigenvalue weighted by atomic mass is 10.2. The Kier molecular flexibility index (Phi) is 7.36. The highest BCUT2D eigenvalue weighted by molar-refractivity contribution is 7.14. The van der Waals surface area contributed by atoms with E-state index in [0.29, 0.717) is 34.6 Å². The van der Waals surface area contributed by atoms with Crippen LogP contribution in [0.1, 0.15) is 11.3 Å². The number of rotatable bonds is 6. The molecule has 1 fully saturated rings. The standard InChI is InChI=1S/C23H24ClN5O2S/c24-18-7-4-8-19(13-18)25-22(31)27-23-26-20(16-32-23)14-21(30)29-11-9-28(10-12-29)15-17-5-2-1-3-6-17/h1-8,13,16H,9-12,14-15H2,(H2,25,26,27,31). The summed E-state index contributed by atoms with van der Waals surface area (Å²) in [6.45, 7) is 4.04. The number of benzene rings is 2. The molecule has 0 aliphatic carbocycles. The number of nitrogens with one attached hydrogen (secondary N) is 2. The summed E-state index contributed by atoms with van der Waals surface area (Å²) in [7, 11) is 0. The van der Waals surface area contributed by atoms with Gasteiger partial charge in [-0.1, -0.05) is 48.0 Å². The molecule has 2 aromatic carbocycles. The van der Waals surface area contributed by atoms with Crippen molar-refractivity contribution in [3.05, 3.63) is 76.3 Å². The van der Waals surface area contributed by atoms with Gasteiger partial charge >= 0.3 is 6.03 Å². The van der Waals surface area contributed by atoms with Gasteiger partial charge in [-0.15, -0.1) is 11.3 Å². The Labute approximate surface area is 196 Å². The molecule has 0 saturated carbocycles. The molecule has 3 aromatic rings. The van der Waals surface area contributed by atoms with E-state index in [1.165, 1.54) is 16.9 Å². The minimum Gasteiger partial charge on any atom is -0.340 e. The molecule has 0 spiro atoms. The van der Waals surface area contributed by atoms with Crippen LogP contribution in [0.4, 0.5) is 15.6 Å². The molecule has 2 N–H and O–H groups in total. The number of urea groups is 1. The average molecular weight is 470 g/mol. The first-order valence-corrected chi connectivity index (χ1v) is 11.6. The van der Waals surface area contributed by atoms with Crippen molar-refractivity contribution >= 4 is 45.7 Å². The number of nitrogens with zero attached hydrogens (tertiary/aromatic N) is 3. The van der Waals surface area contributed by atoms with Gasteiger partial charge in [0.05, 0.1) is 12.1 Å². The highest BCUT2D eigenvalue weighted by Crippen LogP contribution is 2.19. The summed E-state index contributed by atoms with van der Waals surface area (Å²) < 4.78 is 0. The minimum absolute atomic E-state index is 0.0598. The molecule has 9 heteroatoms. The first-order valence-electron chi connectivity index (χ1n) is 10.4. The van der Waals surface area contributed by atoms with Crippen molar-refractivity contribution in [3.8, 4) is 0 Å². The molecule has 1 aliphatic heterocycles. The molecule has 1 aromatic heterocycles. The van der Waals surface area contributed by atoms with Crippen molar-refractivity contribution in [2.75, 3.05) is 36.8 Å². The number of anilines is 2. The molecular formula is C23H24ClN5O2S. The average Bonchev–Trinajstić information content (AvgIpc) is 3.21. The zero-order valence-corrected chi connectivity index (χ0v) is 19.0. The fourth-order valence-electron chi connectivity index (χ4n) is 3.54. The lowest BCUT2D eigenvalue weighted by molar-refractivity contribution is -0.132. The van der Waals surface area contributed by atoms with Crippen LogP contribution in [0.3, 0.4) is 0 Å². The Morgan fingerprint density at radius 2 is 1.78 bits per heavy atom. The number of amides is 3. The molecule has 3 amide bonds. The second-order valence-corrected chi connectivity index (χ2v) is 8.85. The summed E-state index contributed by atoms with van der Waals surface area (Å²) >= 11 is 7.22. The highest BCUT2D eigenvalue weighted by atomic mass is 35.5. The third-order valence-electron chi connectivity index (χ3n) is 5.16. The second-order valence-electron chi connectivity index (χ2n) is 7.55. The molecule has 32 heavy (non-hydrogen) atoms. The van der Waals surface area contributed by atoms with Crippen molar-refractivity contribution < 1.29 is 9.59 Å². The Balaban J connectivity index is 1.23. The first-order chi connectivity index (χ1) is 15.5. The quantitative estimate of drug-likeness (QED) is 0.563. The van der Waals surface area contributed by atoms with Crippen LogP contribution in [0, 0.1) is 0 Å². The van der Waals surface area contributed by atoms with Crippen LogP contribution in [-0.2, 0) is 17.8 Å². The molecule has 0 unspecified atom stereocenters. The third-order valence-corrected chi connectivity index (χ3v) is 6.20. The smallest absolute Gasteiger partial charge is 0.325 e. The monoisotopic (exact) mass is 469 g/mol. The van der Waals surface area contributed by atoms with Crippen LogP contribution < -0.4 is 10.6 Å². The molecule has 1 saturated heterocycles. The van der Waals surface area contributed by atoms with E-state index in [1.807, 2.05) is 23.1 Å². The van der Waals surface area contributed by atoms with E-state index >= 15 is 0 Å². The van der Waals surface area contributed by atoms with Crippen molar-refractivity contribution in [3.63, 3.8) is 0 Å². The third kappa shape index (κ3) is 6.29. The summed E-state index contributed by atoms with van der Waals surface area (Å²) in [5, 5.41) is 8.19. The van der Waals surface area contributed by atoms with Crippen LogP contribution in [0.15, 0.2) is 60.0 Å². The van der Waals surface area contributed by atoms with E-state index < -0.39 is 6.03 Å². The molecule has 1 aliphatic rings. The van der Waals surface area contributed by atoms with E-state index in [4.69, 9.17) is 11.6 Å². The van der Waals surface area contributed by atoms with E-state index in [1.54, 1.807) is 29.6 Å². The van der Waals surface area contributed by atoms with E-state index in [0.717, 1.165) is 19.6 Å². The maximum Gasteiger partial charge on any atom is 0.325 e. The molecule has 7 nitrogen and oxygen atoms in total. The molecule has 4 rings (SSSR count). The number of thiazole rings is 1. The summed E-state index contributed by atoms with van der Waals surface area (Å²) in [5.41, 5.74) is 2.53. The van der Waals surface area contributed by atoms with E-state index in [-0.39, 0.29) is 12.3 Å². The van der Waals surface area contributed by atoms with Gasteiger partial charge in [-0.25, -0.2) is 9.78 Å². The molecular weight excluding hydrogens is 446 g/mol. The topological polar surface area (TPSA) is 77.6 Å². The van der Waals surface area contributed by atoms with Crippen LogP contribution in [0.25, 0.3) is 0 Å². The number of hydrogen-bond acceptors (Lipinski definition) is 5. The Bertz CT molecular complexity index is 1070. The van der Waals surface area contributed by atoms with Gasteiger partial charge in [-0.3, -0.25) is 15.0 Å². The summed E-state index contributed by atoms with van der Waals surface area (Å²) in [6.07, 6.45) is 0.229. The lowest BCUT2D eigenvalue weighted by Gasteiger charge is -2.34. The van der Waals surface area contributed by atoms with Crippen LogP contribution in [-0.4, -0.2) is 52.9 Å². The number of aromatic nitrogens is 1. The number of piperazine rings is 1. The Morgan fingerprint density at radius 3 is 2.53 bits per heavy atom. The van der Waals surface area contributed by atoms with Gasteiger partial charge in [0.2, 0.25) is 5.91 Å². The van der Waals surface area contributed by atoms with E-state index in [2.05, 4.69) is 32.7 Å². The first kappa shape index (κ1) is 22.3. The molecule has 0 radical (unpaired) electrons. The molecule has 2 heterocycles. The zero-order valence-electron chi connectivity index (χ0n) is 17.5. The maximum absolute atomic E-state index is 12.7. The van der Waals surface area contributed by atoms with Crippen molar-refractivity contribution in [1.29, 1.82) is 0 Å². The largest absolute Gasteiger partial charge is 0.340 e. The summed E-state index contributed by atoms with van der Waals surface area (Å²) in [5.74, 6) is 0.0598. The SMILES string of the molecule is O=C(Nc1cccc(Cl)c1)Nc1nc(CC(=O)N2CCN(Cc3ccccc3)CC2)cs1. The van der Waals surface area contributed by atoms with Crippen molar-refractivity contribution in [2.45, 2.75) is 13.0 Å². The maximum atomic E-state index is 12.7. The van der Waals surface area contributed by atoms with Gasteiger partial charge in [-0.05, 0) is 23.8 Å². The normalized spacial score (nSPS) is 14.2. The molecule has 166 valence electrons. The zero-order chi connectivity index (χ0) is 22.3. The fraction of sp³-hybridized carbons (Fsp3) is 0.261. The highest BCUT2D eigenvalue weighted by Gasteiger charge is 2.22. The van der Waals surface area contributed by atoms with Gasteiger partial charge in [0.15, 0.2) is 5.13 Å². The Morgan fingerprint density at radius 1 is 1.00 bits per heavy atom. The van der Waals surface area contributed by atoms with Crippen LogP contribution >= 0.6 is 22.9 Å². The fourth-order valence-corrected chi connectivity index (χ4v) is 4.43. The lowest BCUT2D eigenvalue weighted by Crippen LogP contribution is -2.48. The van der Waals surface area contributed by atoms with E-state index in [9.17, 15) is 9.59 Å². The van der Waals surface area contributed by atoms with Gasteiger partial charge < -0.3 is 10.2 Å². The van der Waals surface area contributed by atoms with Gasteiger partial charge in [0.25, 0.3) is 0 Å². The predicted octanol–water partition coefficient (Wildman–Crippen LogP) is 4.33. The van der Waals surface area contributed by atoms with Gasteiger partial charge in [0.1, 0.15) is 0 Å². The minimum atomic E-state index is -0.408. The molecule has 0 atom stereocenters.